The Morgan fingerprint density at radius 2 is 2.22 bits per heavy atom. The lowest BCUT2D eigenvalue weighted by atomic mass is 10.1. The summed E-state index contributed by atoms with van der Waals surface area (Å²) in [6.45, 7) is 6.13. The average Bonchev–Trinajstić information content (AvgIpc) is 2.73. The fourth-order valence-electron chi connectivity index (χ4n) is 2.24. The molecule has 1 aliphatic heterocycles. The van der Waals surface area contributed by atoms with Crippen LogP contribution in [-0.4, -0.2) is 24.6 Å². The molecule has 1 aromatic carbocycles. The predicted molar refractivity (Wildman–Crippen MR) is 70.2 cm³/mol. The summed E-state index contributed by atoms with van der Waals surface area (Å²) in [5, 5.41) is 0. The molecule has 2 atom stereocenters. The molecule has 0 saturated carbocycles. The Bertz CT molecular complexity index is 439. The number of benzene rings is 1. The molecule has 2 unspecified atom stereocenters. The third kappa shape index (κ3) is 3.10. The summed E-state index contributed by atoms with van der Waals surface area (Å²) in [5.74, 6) is 0.700. The molecular weight excluding hydrogens is 228 g/mol. The molecule has 0 aromatic heterocycles. The van der Waals surface area contributed by atoms with Crippen molar-refractivity contribution in [2.45, 2.75) is 45.8 Å². The lowest BCUT2D eigenvalue weighted by Gasteiger charge is -2.14. The van der Waals surface area contributed by atoms with Gasteiger partial charge in [-0.05, 0) is 45.7 Å². The van der Waals surface area contributed by atoms with Gasteiger partial charge in [0.2, 0.25) is 0 Å². The number of Topliss-reactive ketones (excluding diaryl/α,β-unsaturated/α-hetero) is 1. The Labute approximate surface area is 108 Å². The second-order valence-electron chi connectivity index (χ2n) is 5.01. The molecule has 1 heterocycles. The molecule has 1 saturated heterocycles. The van der Waals surface area contributed by atoms with Crippen molar-refractivity contribution in [3.05, 3.63) is 29.3 Å². The zero-order valence-electron chi connectivity index (χ0n) is 11.2. The lowest BCUT2D eigenvalue weighted by Crippen LogP contribution is -2.18. The smallest absolute Gasteiger partial charge is 0.163 e. The maximum absolute atomic E-state index is 11.6. The van der Waals surface area contributed by atoms with Crippen LogP contribution >= 0.6 is 0 Å². The van der Waals surface area contributed by atoms with Gasteiger partial charge in [-0.25, -0.2) is 0 Å². The number of hydrogen-bond acceptors (Lipinski definition) is 3. The van der Waals surface area contributed by atoms with Crippen LogP contribution in [0.1, 0.15) is 42.6 Å². The van der Waals surface area contributed by atoms with E-state index in [4.69, 9.17) is 9.47 Å². The number of aryl methyl sites for hydroxylation is 1. The number of carbonyl (C=O) groups is 1. The minimum Gasteiger partial charge on any atom is -0.490 e. The second kappa shape index (κ2) is 5.53. The zero-order valence-corrected chi connectivity index (χ0v) is 11.2. The van der Waals surface area contributed by atoms with E-state index < -0.39 is 0 Å². The van der Waals surface area contributed by atoms with E-state index in [9.17, 15) is 4.79 Å². The van der Waals surface area contributed by atoms with E-state index in [1.165, 1.54) is 0 Å². The zero-order chi connectivity index (χ0) is 13.1. The quantitative estimate of drug-likeness (QED) is 0.768. The first-order chi connectivity index (χ1) is 8.56. The predicted octanol–water partition coefficient (Wildman–Crippen LogP) is 3.14. The Hall–Kier alpha value is -1.35. The summed E-state index contributed by atoms with van der Waals surface area (Å²) in [7, 11) is 0. The first-order valence-electron chi connectivity index (χ1n) is 6.46. The minimum atomic E-state index is 0.0365. The van der Waals surface area contributed by atoms with Crippen molar-refractivity contribution in [2.75, 3.05) is 6.61 Å². The number of ether oxygens (including phenoxy) is 2. The van der Waals surface area contributed by atoms with Crippen molar-refractivity contribution >= 4 is 5.78 Å². The van der Waals surface area contributed by atoms with Crippen LogP contribution in [-0.2, 0) is 4.74 Å². The van der Waals surface area contributed by atoms with Crippen LogP contribution in [0.2, 0.25) is 0 Å². The summed E-state index contributed by atoms with van der Waals surface area (Å²) < 4.78 is 11.4. The summed E-state index contributed by atoms with van der Waals surface area (Å²) >= 11 is 0. The number of rotatable bonds is 4. The minimum absolute atomic E-state index is 0.0365. The van der Waals surface area contributed by atoms with Crippen LogP contribution in [0.3, 0.4) is 0 Å². The third-order valence-electron chi connectivity index (χ3n) is 3.26. The molecule has 3 nitrogen and oxygen atoms in total. The molecule has 0 spiro atoms. The molecule has 98 valence electrons. The molecule has 1 fully saturated rings. The maximum atomic E-state index is 11.6. The van der Waals surface area contributed by atoms with Gasteiger partial charge < -0.3 is 9.47 Å². The maximum Gasteiger partial charge on any atom is 0.163 e. The van der Waals surface area contributed by atoms with Crippen molar-refractivity contribution in [1.82, 2.24) is 0 Å². The average molecular weight is 248 g/mol. The molecule has 1 aliphatic rings. The van der Waals surface area contributed by atoms with Crippen molar-refractivity contribution < 1.29 is 14.3 Å². The third-order valence-corrected chi connectivity index (χ3v) is 3.26. The van der Waals surface area contributed by atoms with Crippen molar-refractivity contribution in [3.8, 4) is 5.75 Å². The van der Waals surface area contributed by atoms with Crippen LogP contribution in [0.4, 0.5) is 0 Å². The molecule has 2 rings (SSSR count). The molecule has 0 bridgehead atoms. The van der Waals surface area contributed by atoms with Gasteiger partial charge in [-0.3, -0.25) is 4.79 Å². The number of ketones is 1. The highest BCUT2D eigenvalue weighted by atomic mass is 16.5. The number of carbonyl (C=O) groups excluding carboxylic acids is 1. The van der Waals surface area contributed by atoms with Crippen LogP contribution in [0.25, 0.3) is 0 Å². The monoisotopic (exact) mass is 248 g/mol. The summed E-state index contributed by atoms with van der Waals surface area (Å²) in [5.41, 5.74) is 1.72. The highest BCUT2D eigenvalue weighted by molar-refractivity contribution is 5.97. The molecule has 0 amide bonds. The van der Waals surface area contributed by atoms with Crippen LogP contribution in [0, 0.1) is 6.92 Å². The van der Waals surface area contributed by atoms with Crippen LogP contribution in [0.5, 0.6) is 5.75 Å². The van der Waals surface area contributed by atoms with Gasteiger partial charge in [-0.2, -0.15) is 0 Å². The highest BCUT2D eigenvalue weighted by Gasteiger charge is 2.22. The number of hydrogen-bond donors (Lipinski definition) is 0. The molecule has 0 N–H and O–H groups in total. The van der Waals surface area contributed by atoms with Crippen LogP contribution in [0.15, 0.2) is 18.2 Å². The fourth-order valence-corrected chi connectivity index (χ4v) is 2.24. The Balaban J connectivity index is 2.02. The molecular formula is C15H20O3. The first-order valence-corrected chi connectivity index (χ1v) is 6.46. The highest BCUT2D eigenvalue weighted by Crippen LogP contribution is 2.24. The van der Waals surface area contributed by atoms with Gasteiger partial charge in [0.15, 0.2) is 5.78 Å². The first kappa shape index (κ1) is 13.1. The molecule has 1 aromatic rings. The van der Waals surface area contributed by atoms with E-state index >= 15 is 0 Å². The van der Waals surface area contributed by atoms with Gasteiger partial charge in [0.05, 0.1) is 17.8 Å². The summed E-state index contributed by atoms with van der Waals surface area (Å²) in [6.07, 6.45) is 2.59. The Kier molecular flexibility index (Phi) is 4.02. The van der Waals surface area contributed by atoms with Crippen molar-refractivity contribution in [2.24, 2.45) is 0 Å². The van der Waals surface area contributed by atoms with E-state index in [2.05, 4.69) is 6.92 Å². The Morgan fingerprint density at radius 3 is 2.83 bits per heavy atom. The Morgan fingerprint density at radius 1 is 1.44 bits per heavy atom. The molecule has 18 heavy (non-hydrogen) atoms. The fraction of sp³-hybridized carbons (Fsp3) is 0.533. The van der Waals surface area contributed by atoms with Gasteiger partial charge in [-0.15, -0.1) is 0 Å². The van der Waals surface area contributed by atoms with Gasteiger partial charge in [0.1, 0.15) is 12.4 Å². The van der Waals surface area contributed by atoms with E-state index in [0.717, 1.165) is 18.4 Å². The van der Waals surface area contributed by atoms with Gasteiger partial charge in [-0.1, -0.05) is 11.6 Å². The van der Waals surface area contributed by atoms with Gasteiger partial charge in [0, 0.05) is 0 Å². The standard InChI is InChI=1S/C15H20O3/c1-10-4-7-15(14(8-10)12(3)16)17-9-13-6-5-11(2)18-13/h4,7-8,11,13H,5-6,9H2,1-3H3. The largest absolute Gasteiger partial charge is 0.490 e. The summed E-state index contributed by atoms with van der Waals surface area (Å²) in [6, 6.07) is 5.69. The molecule has 3 heteroatoms. The van der Waals surface area contributed by atoms with E-state index in [0.29, 0.717) is 24.0 Å². The van der Waals surface area contributed by atoms with E-state index in [-0.39, 0.29) is 11.9 Å². The SMILES string of the molecule is CC(=O)c1cc(C)ccc1OCC1CCC(C)O1. The normalized spacial score (nSPS) is 23.1. The summed E-state index contributed by atoms with van der Waals surface area (Å²) in [4.78, 5) is 11.6. The topological polar surface area (TPSA) is 35.5 Å². The van der Waals surface area contributed by atoms with E-state index in [1.54, 1.807) is 6.92 Å². The second-order valence-corrected chi connectivity index (χ2v) is 5.01. The molecule has 0 aliphatic carbocycles. The van der Waals surface area contributed by atoms with Gasteiger partial charge >= 0.3 is 0 Å². The van der Waals surface area contributed by atoms with Crippen LogP contribution < -0.4 is 4.74 Å². The molecule has 0 radical (unpaired) electrons. The van der Waals surface area contributed by atoms with Gasteiger partial charge in [0.25, 0.3) is 0 Å². The van der Waals surface area contributed by atoms with Crippen molar-refractivity contribution in [3.63, 3.8) is 0 Å². The van der Waals surface area contributed by atoms with Crippen molar-refractivity contribution in [1.29, 1.82) is 0 Å². The van der Waals surface area contributed by atoms with E-state index in [1.807, 2.05) is 25.1 Å². The lowest BCUT2D eigenvalue weighted by molar-refractivity contribution is 0.0262.